The molecule has 1 heterocycles. The molecule has 140 valence electrons. The van der Waals surface area contributed by atoms with Gasteiger partial charge in [0.2, 0.25) is 0 Å². The molecule has 2 aromatic carbocycles. The molecular formula is C21H23N3O3. The van der Waals surface area contributed by atoms with Gasteiger partial charge < -0.3 is 20.3 Å². The number of rotatable bonds is 5. The van der Waals surface area contributed by atoms with Gasteiger partial charge in [-0.15, -0.1) is 0 Å². The number of carbonyl (C=O) groups is 2. The van der Waals surface area contributed by atoms with Gasteiger partial charge in [0.25, 0.3) is 5.91 Å². The van der Waals surface area contributed by atoms with Gasteiger partial charge in [0.1, 0.15) is 5.75 Å². The fourth-order valence-electron chi connectivity index (χ4n) is 3.02. The Morgan fingerprint density at radius 3 is 2.44 bits per heavy atom. The predicted octanol–water partition coefficient (Wildman–Crippen LogP) is 3.69. The number of hydrogen-bond donors (Lipinski definition) is 2. The van der Waals surface area contributed by atoms with Crippen LogP contribution in [0.4, 0.5) is 10.5 Å². The van der Waals surface area contributed by atoms with E-state index in [2.05, 4.69) is 10.6 Å². The van der Waals surface area contributed by atoms with Gasteiger partial charge in [0, 0.05) is 18.4 Å². The number of benzene rings is 2. The van der Waals surface area contributed by atoms with Crippen molar-refractivity contribution in [1.82, 2.24) is 10.2 Å². The topological polar surface area (TPSA) is 70.7 Å². The highest BCUT2D eigenvalue weighted by molar-refractivity contribution is 6.06. The minimum Gasteiger partial charge on any atom is -0.494 e. The molecule has 0 spiro atoms. The van der Waals surface area contributed by atoms with Crippen LogP contribution in [0.3, 0.4) is 0 Å². The summed E-state index contributed by atoms with van der Waals surface area (Å²) in [6.45, 7) is 4.28. The number of hydrogen-bond acceptors (Lipinski definition) is 3. The molecule has 0 saturated carbocycles. The first-order valence-electron chi connectivity index (χ1n) is 8.85. The summed E-state index contributed by atoms with van der Waals surface area (Å²) >= 11 is 0. The third kappa shape index (κ3) is 3.95. The first-order valence-corrected chi connectivity index (χ1v) is 8.85. The lowest BCUT2D eigenvalue weighted by atomic mass is 9.94. The van der Waals surface area contributed by atoms with Crippen LogP contribution in [0.25, 0.3) is 0 Å². The van der Waals surface area contributed by atoms with Gasteiger partial charge in [0.15, 0.2) is 0 Å². The Bertz CT molecular complexity index is 860. The van der Waals surface area contributed by atoms with E-state index in [0.29, 0.717) is 23.6 Å². The lowest BCUT2D eigenvalue weighted by Crippen LogP contribution is -2.46. The van der Waals surface area contributed by atoms with E-state index in [9.17, 15) is 9.59 Å². The lowest BCUT2D eigenvalue weighted by Gasteiger charge is -2.33. The van der Waals surface area contributed by atoms with Crippen LogP contribution in [0.5, 0.6) is 5.75 Å². The summed E-state index contributed by atoms with van der Waals surface area (Å²) in [6, 6.07) is 15.9. The van der Waals surface area contributed by atoms with Gasteiger partial charge in [-0.3, -0.25) is 4.79 Å². The summed E-state index contributed by atoms with van der Waals surface area (Å²) < 4.78 is 5.47. The number of nitrogens with one attached hydrogen (secondary N) is 2. The molecule has 6 nitrogen and oxygen atoms in total. The van der Waals surface area contributed by atoms with Crippen LogP contribution in [0.15, 0.2) is 65.9 Å². The molecule has 0 aromatic heterocycles. The van der Waals surface area contributed by atoms with Crippen LogP contribution in [0, 0.1) is 0 Å². The Labute approximate surface area is 158 Å². The standard InChI is InChI=1S/C21H23N3O3/c1-4-27-17-12-10-15(11-13-17)19-18(14(2)24(3)21(26)23-19)20(25)22-16-8-6-5-7-9-16/h5-13,19H,4H2,1-3H3,(H,22,25)(H,23,26). The quantitative estimate of drug-likeness (QED) is 0.849. The summed E-state index contributed by atoms with van der Waals surface area (Å²) in [7, 11) is 1.65. The Balaban J connectivity index is 1.95. The molecule has 0 bridgehead atoms. The number of amides is 3. The highest BCUT2D eigenvalue weighted by Gasteiger charge is 2.34. The van der Waals surface area contributed by atoms with Gasteiger partial charge in [0.05, 0.1) is 18.2 Å². The third-order valence-corrected chi connectivity index (χ3v) is 4.55. The molecule has 2 N–H and O–H groups in total. The predicted molar refractivity (Wildman–Crippen MR) is 104 cm³/mol. The van der Waals surface area contributed by atoms with E-state index in [1.54, 1.807) is 14.0 Å². The SMILES string of the molecule is CCOc1ccc(C2NC(=O)N(C)C(C)=C2C(=O)Nc2ccccc2)cc1. The van der Waals surface area contributed by atoms with Crippen molar-refractivity contribution in [3.8, 4) is 5.75 Å². The molecule has 1 atom stereocenters. The number of allylic oxidation sites excluding steroid dienone is 1. The zero-order chi connectivity index (χ0) is 19.4. The zero-order valence-electron chi connectivity index (χ0n) is 15.7. The van der Waals surface area contributed by atoms with E-state index in [4.69, 9.17) is 4.74 Å². The number of urea groups is 1. The molecule has 0 saturated heterocycles. The maximum atomic E-state index is 13.0. The highest BCUT2D eigenvalue weighted by atomic mass is 16.5. The molecule has 1 aliphatic heterocycles. The number of para-hydroxylation sites is 1. The molecule has 0 radical (unpaired) electrons. The molecule has 3 rings (SSSR count). The Hall–Kier alpha value is -3.28. The average molecular weight is 365 g/mol. The number of nitrogens with zero attached hydrogens (tertiary/aromatic N) is 1. The lowest BCUT2D eigenvalue weighted by molar-refractivity contribution is -0.113. The van der Waals surface area contributed by atoms with Crippen molar-refractivity contribution in [3.05, 3.63) is 71.4 Å². The molecular weight excluding hydrogens is 342 g/mol. The fourth-order valence-corrected chi connectivity index (χ4v) is 3.02. The summed E-state index contributed by atoms with van der Waals surface area (Å²) in [6.07, 6.45) is 0. The van der Waals surface area contributed by atoms with E-state index < -0.39 is 6.04 Å². The Kier molecular flexibility index (Phi) is 5.45. The van der Waals surface area contributed by atoms with Crippen molar-refractivity contribution >= 4 is 17.6 Å². The molecule has 1 aliphatic rings. The minimum absolute atomic E-state index is 0.246. The second-order valence-corrected chi connectivity index (χ2v) is 6.26. The molecule has 2 aromatic rings. The second kappa shape index (κ2) is 7.95. The van der Waals surface area contributed by atoms with Crippen molar-refractivity contribution in [3.63, 3.8) is 0 Å². The summed E-state index contributed by atoms with van der Waals surface area (Å²) in [4.78, 5) is 26.8. The van der Waals surface area contributed by atoms with E-state index in [1.807, 2.05) is 61.5 Å². The number of carbonyl (C=O) groups excluding carboxylic acids is 2. The maximum Gasteiger partial charge on any atom is 0.322 e. The van der Waals surface area contributed by atoms with E-state index in [-0.39, 0.29) is 11.9 Å². The van der Waals surface area contributed by atoms with Gasteiger partial charge in [-0.1, -0.05) is 30.3 Å². The normalized spacial score (nSPS) is 16.8. The largest absolute Gasteiger partial charge is 0.494 e. The molecule has 0 fully saturated rings. The van der Waals surface area contributed by atoms with Crippen molar-refractivity contribution in [2.24, 2.45) is 0 Å². The minimum atomic E-state index is -0.534. The van der Waals surface area contributed by atoms with E-state index in [0.717, 1.165) is 11.3 Å². The Morgan fingerprint density at radius 1 is 1.15 bits per heavy atom. The van der Waals surface area contributed by atoms with Gasteiger partial charge in [-0.2, -0.15) is 0 Å². The van der Waals surface area contributed by atoms with Crippen LogP contribution in [0.2, 0.25) is 0 Å². The third-order valence-electron chi connectivity index (χ3n) is 4.55. The summed E-state index contributed by atoms with van der Waals surface area (Å²) in [5.74, 6) is 0.501. The van der Waals surface area contributed by atoms with Crippen LogP contribution in [-0.2, 0) is 4.79 Å². The zero-order valence-corrected chi connectivity index (χ0v) is 15.7. The smallest absolute Gasteiger partial charge is 0.322 e. The van der Waals surface area contributed by atoms with Gasteiger partial charge in [-0.05, 0) is 43.7 Å². The van der Waals surface area contributed by atoms with Crippen LogP contribution in [0.1, 0.15) is 25.5 Å². The first-order chi connectivity index (χ1) is 13.0. The first kappa shape index (κ1) is 18.5. The van der Waals surface area contributed by atoms with Gasteiger partial charge >= 0.3 is 6.03 Å². The number of ether oxygens (including phenoxy) is 1. The van der Waals surface area contributed by atoms with Crippen LogP contribution >= 0.6 is 0 Å². The molecule has 3 amide bonds. The summed E-state index contributed by atoms with van der Waals surface area (Å²) in [5, 5.41) is 5.82. The van der Waals surface area contributed by atoms with Gasteiger partial charge in [-0.25, -0.2) is 4.79 Å². The molecule has 27 heavy (non-hydrogen) atoms. The van der Waals surface area contributed by atoms with E-state index >= 15 is 0 Å². The van der Waals surface area contributed by atoms with Crippen molar-refractivity contribution in [2.45, 2.75) is 19.9 Å². The fraction of sp³-hybridized carbons (Fsp3) is 0.238. The maximum absolute atomic E-state index is 13.0. The second-order valence-electron chi connectivity index (χ2n) is 6.26. The molecule has 1 unspecified atom stereocenters. The summed E-state index contributed by atoms with van der Waals surface area (Å²) in [5.41, 5.74) is 2.64. The van der Waals surface area contributed by atoms with Crippen LogP contribution in [-0.4, -0.2) is 30.5 Å². The number of anilines is 1. The molecule has 0 aliphatic carbocycles. The van der Waals surface area contributed by atoms with Crippen LogP contribution < -0.4 is 15.4 Å². The van der Waals surface area contributed by atoms with E-state index in [1.165, 1.54) is 4.90 Å². The monoisotopic (exact) mass is 365 g/mol. The Morgan fingerprint density at radius 2 is 1.81 bits per heavy atom. The van der Waals surface area contributed by atoms with Crippen molar-refractivity contribution in [2.75, 3.05) is 19.0 Å². The average Bonchev–Trinajstić information content (AvgIpc) is 2.67. The highest BCUT2D eigenvalue weighted by Crippen LogP contribution is 2.31. The van der Waals surface area contributed by atoms with Crippen molar-refractivity contribution in [1.29, 1.82) is 0 Å². The van der Waals surface area contributed by atoms with Crippen molar-refractivity contribution < 1.29 is 14.3 Å². The molecule has 6 heteroatoms.